The maximum atomic E-state index is 13.1. The molecule has 0 radical (unpaired) electrons. The third-order valence-electron chi connectivity index (χ3n) is 4.58. The average molecular weight is 389 g/mol. The number of ether oxygens (including phenoxy) is 2. The van der Waals surface area contributed by atoms with Gasteiger partial charge in [-0.25, -0.2) is 9.18 Å². The Bertz CT molecular complexity index is 837. The fraction of sp³-hybridized carbons (Fsp3) is 0.333. The van der Waals surface area contributed by atoms with Crippen LogP contribution in [-0.4, -0.2) is 31.2 Å². The molecule has 0 aliphatic rings. The van der Waals surface area contributed by atoms with E-state index in [1.165, 1.54) is 31.2 Å². The first-order valence-electron chi connectivity index (χ1n) is 8.81. The minimum atomic E-state index is -1.64. The van der Waals surface area contributed by atoms with E-state index in [1.54, 1.807) is 20.3 Å². The average Bonchev–Trinajstić information content (AvgIpc) is 2.68. The molecule has 0 aliphatic heterocycles. The number of carboxylic acids is 1. The van der Waals surface area contributed by atoms with Crippen LogP contribution in [0.15, 0.2) is 42.5 Å². The minimum Gasteiger partial charge on any atom is -0.497 e. The number of aryl methyl sites for hydroxylation is 1. The third-order valence-corrected chi connectivity index (χ3v) is 4.58. The van der Waals surface area contributed by atoms with Gasteiger partial charge in [0.05, 0.1) is 14.2 Å². The number of rotatable bonds is 9. The number of methoxy groups -OCH3 is 2. The summed E-state index contributed by atoms with van der Waals surface area (Å²) in [5.74, 6) is -0.751. The van der Waals surface area contributed by atoms with Crippen LogP contribution in [-0.2, 0) is 21.5 Å². The number of aliphatic carboxylic acids is 1. The summed E-state index contributed by atoms with van der Waals surface area (Å²) in [6.07, 6.45) is 1.23. The summed E-state index contributed by atoms with van der Waals surface area (Å²) < 4.78 is 23.6. The zero-order chi connectivity index (χ0) is 20.7. The Morgan fingerprint density at radius 1 is 1.11 bits per heavy atom. The molecule has 1 atom stereocenters. The molecule has 2 aromatic carbocycles. The molecule has 0 saturated heterocycles. The van der Waals surface area contributed by atoms with Crippen molar-refractivity contribution in [1.82, 2.24) is 5.32 Å². The second kappa shape index (κ2) is 9.21. The van der Waals surface area contributed by atoms with Crippen molar-refractivity contribution >= 4 is 11.9 Å². The van der Waals surface area contributed by atoms with Crippen molar-refractivity contribution in [3.63, 3.8) is 0 Å². The Balaban J connectivity index is 2.00. The number of benzene rings is 2. The van der Waals surface area contributed by atoms with Crippen LogP contribution in [0, 0.1) is 5.82 Å². The van der Waals surface area contributed by atoms with Crippen LogP contribution in [0.25, 0.3) is 0 Å². The van der Waals surface area contributed by atoms with Crippen LogP contribution in [0.1, 0.15) is 30.9 Å². The highest BCUT2D eigenvalue weighted by Gasteiger charge is 2.36. The van der Waals surface area contributed by atoms with E-state index in [0.717, 1.165) is 5.56 Å². The van der Waals surface area contributed by atoms with Crippen LogP contribution in [0.4, 0.5) is 4.39 Å². The number of hydrogen-bond acceptors (Lipinski definition) is 4. The molecule has 28 heavy (non-hydrogen) atoms. The molecule has 0 bridgehead atoms. The molecular formula is C21H24FNO5. The summed E-state index contributed by atoms with van der Waals surface area (Å²) in [5, 5.41) is 12.1. The first-order valence-corrected chi connectivity index (χ1v) is 8.81. The number of amides is 1. The van der Waals surface area contributed by atoms with Crippen LogP contribution in [0.2, 0.25) is 0 Å². The Kier molecular flexibility index (Phi) is 6.98. The van der Waals surface area contributed by atoms with Crippen molar-refractivity contribution in [3.8, 4) is 11.5 Å². The fourth-order valence-corrected chi connectivity index (χ4v) is 2.87. The summed E-state index contributed by atoms with van der Waals surface area (Å²) in [5.41, 5.74) is -0.412. The minimum absolute atomic E-state index is 0.138. The third kappa shape index (κ3) is 5.00. The quantitative estimate of drug-likeness (QED) is 0.688. The summed E-state index contributed by atoms with van der Waals surface area (Å²) in [6.45, 7) is 1.38. The molecule has 2 rings (SSSR count). The Labute approximate surface area is 163 Å². The maximum Gasteiger partial charge on any atom is 0.333 e. The smallest absolute Gasteiger partial charge is 0.333 e. The Morgan fingerprint density at radius 3 is 2.36 bits per heavy atom. The van der Waals surface area contributed by atoms with Gasteiger partial charge in [0.25, 0.3) is 0 Å². The van der Waals surface area contributed by atoms with Gasteiger partial charge in [-0.3, -0.25) is 4.79 Å². The summed E-state index contributed by atoms with van der Waals surface area (Å²) in [6, 6.07) is 10.5. The van der Waals surface area contributed by atoms with E-state index >= 15 is 0 Å². The van der Waals surface area contributed by atoms with Crippen LogP contribution < -0.4 is 14.8 Å². The predicted octanol–water partition coefficient (Wildman–Crippen LogP) is 3.28. The fourth-order valence-electron chi connectivity index (χ4n) is 2.87. The van der Waals surface area contributed by atoms with Crippen molar-refractivity contribution in [2.24, 2.45) is 0 Å². The van der Waals surface area contributed by atoms with Crippen molar-refractivity contribution in [3.05, 3.63) is 59.4 Å². The topological polar surface area (TPSA) is 84.9 Å². The molecule has 7 heteroatoms. The molecule has 0 heterocycles. The van der Waals surface area contributed by atoms with Crippen molar-refractivity contribution in [2.45, 2.75) is 31.7 Å². The lowest BCUT2D eigenvalue weighted by molar-refractivity contribution is -0.147. The van der Waals surface area contributed by atoms with Crippen LogP contribution >= 0.6 is 0 Å². The van der Waals surface area contributed by atoms with Gasteiger partial charge in [0.2, 0.25) is 5.91 Å². The molecule has 0 spiro atoms. The molecule has 0 saturated carbocycles. The summed E-state index contributed by atoms with van der Waals surface area (Å²) in [7, 11) is 3.13. The monoisotopic (exact) mass is 389 g/mol. The lowest BCUT2D eigenvalue weighted by Crippen LogP contribution is -2.49. The van der Waals surface area contributed by atoms with Crippen LogP contribution in [0.3, 0.4) is 0 Å². The highest BCUT2D eigenvalue weighted by molar-refractivity contribution is 5.87. The number of carbonyl (C=O) groups is 2. The largest absolute Gasteiger partial charge is 0.497 e. The van der Waals surface area contributed by atoms with E-state index in [-0.39, 0.29) is 6.42 Å². The van der Waals surface area contributed by atoms with Gasteiger partial charge in [0.15, 0.2) is 5.54 Å². The van der Waals surface area contributed by atoms with Gasteiger partial charge >= 0.3 is 5.97 Å². The van der Waals surface area contributed by atoms with E-state index in [0.29, 0.717) is 29.9 Å². The normalized spacial score (nSPS) is 12.7. The van der Waals surface area contributed by atoms with E-state index in [4.69, 9.17) is 9.47 Å². The molecule has 6 nitrogen and oxygen atoms in total. The van der Waals surface area contributed by atoms with Crippen molar-refractivity contribution in [1.29, 1.82) is 0 Å². The van der Waals surface area contributed by atoms with Gasteiger partial charge in [-0.05, 0) is 49.1 Å². The lowest BCUT2D eigenvalue weighted by Gasteiger charge is -2.27. The first-order chi connectivity index (χ1) is 13.3. The predicted molar refractivity (Wildman–Crippen MR) is 102 cm³/mol. The second-order valence-electron chi connectivity index (χ2n) is 6.52. The number of carboxylic acid groups (broad SMARTS) is 1. The van der Waals surface area contributed by atoms with Crippen molar-refractivity contribution in [2.75, 3.05) is 14.2 Å². The maximum absolute atomic E-state index is 13.1. The second-order valence-corrected chi connectivity index (χ2v) is 6.52. The summed E-state index contributed by atoms with van der Waals surface area (Å²) in [4.78, 5) is 24.1. The highest BCUT2D eigenvalue weighted by atomic mass is 19.1. The van der Waals surface area contributed by atoms with Gasteiger partial charge in [-0.15, -0.1) is 0 Å². The number of nitrogens with one attached hydrogen (secondary N) is 1. The zero-order valence-electron chi connectivity index (χ0n) is 16.1. The number of hydrogen-bond donors (Lipinski definition) is 2. The Morgan fingerprint density at radius 2 is 1.79 bits per heavy atom. The van der Waals surface area contributed by atoms with Crippen molar-refractivity contribution < 1.29 is 28.6 Å². The molecule has 1 amide bonds. The molecular weight excluding hydrogens is 365 g/mol. The lowest BCUT2D eigenvalue weighted by atomic mass is 9.91. The van der Waals surface area contributed by atoms with E-state index in [2.05, 4.69) is 5.32 Å². The van der Waals surface area contributed by atoms with E-state index < -0.39 is 23.2 Å². The number of halogens is 1. The highest BCUT2D eigenvalue weighted by Crippen LogP contribution is 2.26. The zero-order valence-corrected chi connectivity index (χ0v) is 16.1. The van der Waals surface area contributed by atoms with Gasteiger partial charge in [0, 0.05) is 12.5 Å². The number of carbonyl (C=O) groups excluding carboxylic acids is 1. The van der Waals surface area contributed by atoms with E-state index in [9.17, 15) is 19.1 Å². The Hall–Kier alpha value is -3.09. The van der Waals surface area contributed by atoms with Crippen LogP contribution in [0.5, 0.6) is 11.5 Å². The van der Waals surface area contributed by atoms with E-state index in [1.807, 2.05) is 12.1 Å². The van der Waals surface area contributed by atoms with Gasteiger partial charge < -0.3 is 19.9 Å². The molecule has 2 N–H and O–H groups in total. The summed E-state index contributed by atoms with van der Waals surface area (Å²) >= 11 is 0. The molecule has 0 aliphatic carbocycles. The molecule has 150 valence electrons. The first kappa shape index (κ1) is 21.2. The molecule has 0 fully saturated rings. The SMILES string of the molecule is COc1ccc(CCCC(=O)NC(C)(C(=O)O)c2ccc(F)cc2)c(OC)c1. The van der Waals surface area contributed by atoms with Gasteiger partial charge in [-0.2, -0.15) is 0 Å². The molecule has 2 aromatic rings. The van der Waals surface area contributed by atoms with Gasteiger partial charge in [0.1, 0.15) is 17.3 Å². The molecule has 1 unspecified atom stereocenters. The van der Waals surface area contributed by atoms with Gasteiger partial charge in [-0.1, -0.05) is 18.2 Å². The standard InChI is InChI=1S/C21H24FNO5/c1-21(20(25)26,15-8-10-16(22)11-9-15)23-19(24)6-4-5-14-7-12-17(27-2)13-18(14)28-3/h7-13H,4-6H2,1-3H3,(H,23,24)(H,25,26). The molecule has 0 aromatic heterocycles.